The lowest BCUT2D eigenvalue weighted by molar-refractivity contribution is 0.0951. The van der Waals surface area contributed by atoms with Gasteiger partial charge in [0.2, 0.25) is 10.0 Å². The molecule has 174 valence electrons. The fraction of sp³-hybridized carbons (Fsp3) is 0.320. The molecule has 2 N–H and O–H groups in total. The van der Waals surface area contributed by atoms with Gasteiger partial charge in [0.25, 0.3) is 5.91 Å². The molecule has 0 radical (unpaired) electrons. The summed E-state index contributed by atoms with van der Waals surface area (Å²) in [7, 11) is -3.63. The molecule has 6 nitrogen and oxygen atoms in total. The number of benzene rings is 2. The lowest BCUT2D eigenvalue weighted by Gasteiger charge is -2.26. The number of thiophene rings is 1. The Morgan fingerprint density at radius 1 is 0.879 bits per heavy atom. The quantitative estimate of drug-likeness (QED) is 0.479. The number of amides is 1. The summed E-state index contributed by atoms with van der Waals surface area (Å²) in [5.74, 6) is -0.233. The molecule has 0 spiro atoms. The highest BCUT2D eigenvalue weighted by Gasteiger charge is 2.15. The molecule has 1 fully saturated rings. The van der Waals surface area contributed by atoms with Crippen LogP contribution in [0.25, 0.3) is 0 Å². The van der Waals surface area contributed by atoms with Gasteiger partial charge >= 0.3 is 0 Å². The summed E-state index contributed by atoms with van der Waals surface area (Å²) in [6, 6.07) is 18.1. The molecule has 0 aliphatic carbocycles. The maximum Gasteiger partial charge on any atom is 0.251 e. The molecule has 0 bridgehead atoms. The van der Waals surface area contributed by atoms with Gasteiger partial charge in [0.15, 0.2) is 0 Å². The Balaban J connectivity index is 1.27. The molecule has 3 aromatic rings. The second kappa shape index (κ2) is 11.1. The third-order valence-corrected chi connectivity index (χ3v) is 8.07. The minimum atomic E-state index is -3.63. The Hall–Kier alpha value is -2.52. The number of carbonyl (C=O) groups is 1. The van der Waals surface area contributed by atoms with Crippen molar-refractivity contribution in [3.63, 3.8) is 0 Å². The van der Waals surface area contributed by atoms with Gasteiger partial charge < -0.3 is 5.32 Å². The van der Waals surface area contributed by atoms with Crippen LogP contribution in [0, 0.1) is 0 Å². The van der Waals surface area contributed by atoms with Gasteiger partial charge in [-0.15, -0.1) is 11.3 Å². The minimum Gasteiger partial charge on any atom is -0.348 e. The lowest BCUT2D eigenvalue weighted by atomic mass is 10.1. The van der Waals surface area contributed by atoms with E-state index in [2.05, 4.69) is 39.2 Å². The van der Waals surface area contributed by atoms with Crippen molar-refractivity contribution in [2.24, 2.45) is 0 Å². The zero-order chi connectivity index (χ0) is 23.1. The molecule has 4 rings (SSSR count). The summed E-state index contributed by atoms with van der Waals surface area (Å²) < 4.78 is 27.5. The number of likely N-dealkylation sites (tertiary alicyclic amines) is 1. The molecule has 1 aliphatic rings. The van der Waals surface area contributed by atoms with Crippen LogP contribution in [0.3, 0.4) is 0 Å². The summed E-state index contributed by atoms with van der Waals surface area (Å²) in [5, 5.41) is 4.81. The van der Waals surface area contributed by atoms with Crippen molar-refractivity contribution in [2.45, 2.75) is 43.8 Å². The molecule has 8 heteroatoms. The molecular weight excluding hydrogens is 454 g/mol. The van der Waals surface area contributed by atoms with E-state index in [9.17, 15) is 13.2 Å². The van der Waals surface area contributed by atoms with Gasteiger partial charge in [-0.3, -0.25) is 9.69 Å². The molecule has 1 amide bonds. The largest absolute Gasteiger partial charge is 0.348 e. The fourth-order valence-electron chi connectivity index (χ4n) is 3.87. The smallest absolute Gasteiger partial charge is 0.251 e. The number of carbonyl (C=O) groups excluding carboxylic acids is 1. The van der Waals surface area contributed by atoms with Crippen molar-refractivity contribution in [1.82, 2.24) is 14.9 Å². The summed E-state index contributed by atoms with van der Waals surface area (Å²) in [5.41, 5.74) is 2.74. The Morgan fingerprint density at radius 2 is 1.58 bits per heavy atom. The van der Waals surface area contributed by atoms with E-state index in [4.69, 9.17) is 0 Å². The predicted molar refractivity (Wildman–Crippen MR) is 132 cm³/mol. The average Bonchev–Trinajstić information content (AvgIpc) is 3.37. The number of sulfonamides is 1. The highest BCUT2D eigenvalue weighted by atomic mass is 32.2. The molecule has 1 saturated heterocycles. The Labute approximate surface area is 199 Å². The summed E-state index contributed by atoms with van der Waals surface area (Å²) >= 11 is 1.50. The topological polar surface area (TPSA) is 78.5 Å². The van der Waals surface area contributed by atoms with E-state index in [1.165, 1.54) is 73.5 Å². The monoisotopic (exact) mass is 483 g/mol. The molecule has 0 saturated carbocycles. The van der Waals surface area contributed by atoms with E-state index < -0.39 is 10.0 Å². The van der Waals surface area contributed by atoms with Gasteiger partial charge in [-0.05, 0) is 72.8 Å². The van der Waals surface area contributed by atoms with Crippen molar-refractivity contribution in [3.05, 3.63) is 87.6 Å². The zero-order valence-corrected chi connectivity index (χ0v) is 20.1. The molecule has 1 aliphatic heterocycles. The molecule has 1 aromatic heterocycles. The number of nitrogens with zero attached hydrogens (tertiary/aromatic N) is 1. The Bertz CT molecular complexity index is 1140. The third kappa shape index (κ3) is 6.74. The maximum atomic E-state index is 12.5. The zero-order valence-electron chi connectivity index (χ0n) is 18.5. The molecule has 0 atom stereocenters. The van der Waals surface area contributed by atoms with Crippen molar-refractivity contribution in [1.29, 1.82) is 0 Å². The van der Waals surface area contributed by atoms with Crippen LogP contribution in [0.15, 0.2) is 70.9 Å². The van der Waals surface area contributed by atoms with Crippen LogP contribution < -0.4 is 10.0 Å². The van der Waals surface area contributed by atoms with E-state index in [1.807, 2.05) is 17.5 Å². The standard InChI is InChI=1S/C25H29N3O3S2/c29-25(26-17-20-6-8-21(9-7-20)19-28-14-2-1-3-15-28)22-10-12-24(13-11-22)33(30,31)27-18-23-5-4-16-32-23/h4-13,16,27H,1-3,14-15,17-19H2,(H,26,29). The van der Waals surface area contributed by atoms with Gasteiger partial charge in [-0.2, -0.15) is 0 Å². The Kier molecular flexibility index (Phi) is 7.93. The van der Waals surface area contributed by atoms with Crippen LogP contribution in [-0.4, -0.2) is 32.3 Å². The molecule has 2 aromatic carbocycles. The summed E-state index contributed by atoms with van der Waals surface area (Å²) in [6.07, 6.45) is 3.89. The van der Waals surface area contributed by atoms with Crippen LogP contribution >= 0.6 is 11.3 Å². The number of nitrogens with one attached hydrogen (secondary N) is 2. The first-order chi connectivity index (χ1) is 16.0. The molecule has 33 heavy (non-hydrogen) atoms. The molecule has 2 heterocycles. The SMILES string of the molecule is O=C(NCc1ccc(CN2CCCCC2)cc1)c1ccc(S(=O)(=O)NCc2cccs2)cc1. The first-order valence-electron chi connectivity index (χ1n) is 11.2. The van der Waals surface area contributed by atoms with E-state index in [-0.39, 0.29) is 17.3 Å². The van der Waals surface area contributed by atoms with Gasteiger partial charge in [0.1, 0.15) is 0 Å². The second-order valence-electron chi connectivity index (χ2n) is 8.26. The van der Waals surface area contributed by atoms with Gasteiger partial charge in [-0.25, -0.2) is 13.1 Å². The van der Waals surface area contributed by atoms with Crippen molar-refractivity contribution < 1.29 is 13.2 Å². The van der Waals surface area contributed by atoms with E-state index in [0.717, 1.165) is 17.0 Å². The number of hydrogen-bond donors (Lipinski definition) is 2. The highest BCUT2D eigenvalue weighted by molar-refractivity contribution is 7.89. The molecule has 0 unspecified atom stereocenters. The second-order valence-corrected chi connectivity index (χ2v) is 11.1. The van der Waals surface area contributed by atoms with E-state index >= 15 is 0 Å². The summed E-state index contributed by atoms with van der Waals surface area (Å²) in [6.45, 7) is 3.99. The van der Waals surface area contributed by atoms with Gasteiger partial charge in [0.05, 0.1) is 4.90 Å². The van der Waals surface area contributed by atoms with Crippen LogP contribution in [-0.2, 0) is 29.7 Å². The molecular formula is C25H29N3O3S2. The normalized spacial score (nSPS) is 14.8. The van der Waals surface area contributed by atoms with E-state index in [0.29, 0.717) is 12.1 Å². The number of hydrogen-bond acceptors (Lipinski definition) is 5. The first-order valence-corrected chi connectivity index (χ1v) is 13.6. The maximum absolute atomic E-state index is 12.5. The lowest BCUT2D eigenvalue weighted by Crippen LogP contribution is -2.29. The third-order valence-electron chi connectivity index (χ3n) is 5.77. The van der Waals surface area contributed by atoms with Gasteiger partial charge in [0, 0.05) is 30.1 Å². The average molecular weight is 484 g/mol. The van der Waals surface area contributed by atoms with Gasteiger partial charge in [-0.1, -0.05) is 36.8 Å². The predicted octanol–water partition coefficient (Wildman–Crippen LogP) is 4.14. The van der Waals surface area contributed by atoms with Crippen LogP contribution in [0.2, 0.25) is 0 Å². The first kappa shape index (κ1) is 23.6. The summed E-state index contributed by atoms with van der Waals surface area (Å²) in [4.78, 5) is 16.1. The van der Waals surface area contributed by atoms with E-state index in [1.54, 1.807) is 0 Å². The Morgan fingerprint density at radius 3 is 2.24 bits per heavy atom. The highest BCUT2D eigenvalue weighted by Crippen LogP contribution is 2.15. The van der Waals surface area contributed by atoms with Crippen molar-refractivity contribution in [2.75, 3.05) is 13.1 Å². The van der Waals surface area contributed by atoms with Crippen LogP contribution in [0.5, 0.6) is 0 Å². The van der Waals surface area contributed by atoms with Crippen LogP contribution in [0.1, 0.15) is 45.6 Å². The fourth-order valence-corrected chi connectivity index (χ4v) is 5.61. The van der Waals surface area contributed by atoms with Crippen LogP contribution in [0.4, 0.5) is 0 Å². The number of piperidine rings is 1. The van der Waals surface area contributed by atoms with Crippen molar-refractivity contribution >= 4 is 27.3 Å². The number of rotatable bonds is 9. The van der Waals surface area contributed by atoms with Crippen molar-refractivity contribution in [3.8, 4) is 0 Å². The minimum absolute atomic E-state index is 0.139.